The van der Waals surface area contributed by atoms with Crippen LogP contribution in [0.15, 0.2) is 46.3 Å². The van der Waals surface area contributed by atoms with Gasteiger partial charge in [0.15, 0.2) is 0 Å². The van der Waals surface area contributed by atoms with E-state index in [0.717, 1.165) is 11.3 Å². The highest BCUT2D eigenvalue weighted by molar-refractivity contribution is 6.07. The van der Waals surface area contributed by atoms with Crippen LogP contribution in [0.3, 0.4) is 0 Å². The summed E-state index contributed by atoms with van der Waals surface area (Å²) in [6.45, 7) is 8.54. The summed E-state index contributed by atoms with van der Waals surface area (Å²) in [6.07, 6.45) is 2.64. The molecule has 0 radical (unpaired) electrons. The van der Waals surface area contributed by atoms with Crippen molar-refractivity contribution in [1.82, 2.24) is 14.8 Å². The summed E-state index contributed by atoms with van der Waals surface area (Å²) in [7, 11) is 0. The lowest BCUT2D eigenvalue weighted by molar-refractivity contribution is -0.125. The average Bonchev–Trinajstić information content (AvgIpc) is 3.01. The van der Waals surface area contributed by atoms with Crippen LogP contribution in [0.5, 0.6) is 0 Å². The number of likely N-dealkylation sites (tertiary alicyclic amines) is 1. The van der Waals surface area contributed by atoms with Gasteiger partial charge >= 0.3 is 0 Å². The van der Waals surface area contributed by atoms with Gasteiger partial charge < -0.3 is 10.2 Å². The van der Waals surface area contributed by atoms with Gasteiger partial charge in [-0.2, -0.15) is 0 Å². The van der Waals surface area contributed by atoms with Gasteiger partial charge in [-0.05, 0) is 61.9 Å². The first-order chi connectivity index (χ1) is 14.7. The topological polar surface area (TPSA) is 83.8 Å². The second-order valence-electron chi connectivity index (χ2n) is 8.77. The van der Waals surface area contributed by atoms with Gasteiger partial charge in [0.1, 0.15) is 16.9 Å². The van der Waals surface area contributed by atoms with Crippen LogP contribution in [-0.4, -0.2) is 45.7 Å². The van der Waals surface area contributed by atoms with E-state index in [2.05, 4.69) is 24.2 Å². The van der Waals surface area contributed by atoms with Crippen LogP contribution in [0.25, 0.3) is 5.69 Å². The predicted octanol–water partition coefficient (Wildman–Crippen LogP) is 2.79. The fourth-order valence-corrected chi connectivity index (χ4v) is 4.38. The smallest absolute Gasteiger partial charge is 0.268 e. The zero-order chi connectivity index (χ0) is 22.3. The zero-order valence-corrected chi connectivity index (χ0v) is 18.4. The van der Waals surface area contributed by atoms with Crippen molar-refractivity contribution in [1.29, 1.82) is 0 Å². The predicted molar refractivity (Wildman–Crippen MR) is 120 cm³/mol. The number of carbonyl (C=O) groups excluding carboxylic acids is 2. The first-order valence-electron chi connectivity index (χ1n) is 10.7. The monoisotopic (exact) mass is 420 g/mol. The molecule has 1 aromatic carbocycles. The molecule has 0 aliphatic carbocycles. The molecule has 1 N–H and O–H groups in total. The summed E-state index contributed by atoms with van der Waals surface area (Å²) in [6, 6.07) is 9.63. The molecule has 1 fully saturated rings. The molecule has 1 saturated heterocycles. The lowest BCUT2D eigenvalue weighted by atomic mass is 9.87. The van der Waals surface area contributed by atoms with E-state index in [4.69, 9.17) is 0 Å². The molecule has 7 heteroatoms. The minimum atomic E-state index is -0.774. The number of rotatable bonds is 3. The number of amides is 2. The van der Waals surface area contributed by atoms with Gasteiger partial charge in [-0.1, -0.05) is 26.0 Å². The molecule has 2 amide bonds. The number of aliphatic imine (C=N–C) groups is 1. The molecule has 0 unspecified atom stereocenters. The Morgan fingerprint density at radius 2 is 1.84 bits per heavy atom. The number of hydrogen-bond acceptors (Lipinski definition) is 4. The van der Waals surface area contributed by atoms with Crippen LogP contribution in [0, 0.1) is 6.92 Å². The second-order valence-corrected chi connectivity index (χ2v) is 8.77. The van der Waals surface area contributed by atoms with Crippen molar-refractivity contribution in [3.63, 3.8) is 0 Å². The third-order valence-electron chi connectivity index (χ3n) is 6.31. The van der Waals surface area contributed by atoms with Crippen LogP contribution in [0.4, 0.5) is 0 Å². The van der Waals surface area contributed by atoms with E-state index < -0.39 is 5.54 Å². The Balaban J connectivity index is 1.63. The molecule has 1 aromatic heterocycles. The number of nitrogens with zero attached hydrogens (tertiary/aromatic N) is 3. The average molecular weight is 421 g/mol. The maximum absolute atomic E-state index is 13.3. The number of pyridine rings is 1. The molecule has 162 valence electrons. The van der Waals surface area contributed by atoms with E-state index in [1.807, 2.05) is 24.3 Å². The minimum absolute atomic E-state index is 0.0969. The van der Waals surface area contributed by atoms with E-state index >= 15 is 0 Å². The maximum atomic E-state index is 13.3. The molecular formula is C24H28N4O3. The first kappa shape index (κ1) is 21.0. The van der Waals surface area contributed by atoms with Crippen molar-refractivity contribution in [2.24, 2.45) is 4.99 Å². The summed E-state index contributed by atoms with van der Waals surface area (Å²) in [5.74, 6) is 0.573. The fourth-order valence-electron chi connectivity index (χ4n) is 4.38. The number of piperidine rings is 1. The van der Waals surface area contributed by atoms with Gasteiger partial charge in [0.25, 0.3) is 17.4 Å². The van der Waals surface area contributed by atoms with Crippen molar-refractivity contribution >= 4 is 17.6 Å². The third-order valence-corrected chi connectivity index (χ3v) is 6.31. The summed E-state index contributed by atoms with van der Waals surface area (Å²) in [4.78, 5) is 45.1. The number of carbonyl (C=O) groups is 2. The van der Waals surface area contributed by atoms with Gasteiger partial charge in [-0.3, -0.25) is 23.9 Å². The highest BCUT2D eigenvalue weighted by atomic mass is 16.2. The number of amidine groups is 1. The number of aromatic nitrogens is 1. The Morgan fingerprint density at radius 3 is 2.45 bits per heavy atom. The molecule has 0 atom stereocenters. The Labute approximate surface area is 181 Å². The van der Waals surface area contributed by atoms with E-state index in [-0.39, 0.29) is 22.9 Å². The molecule has 4 rings (SSSR count). The quantitative estimate of drug-likeness (QED) is 0.829. The minimum Gasteiger partial charge on any atom is -0.338 e. The Kier molecular flexibility index (Phi) is 5.29. The molecule has 2 aromatic rings. The summed E-state index contributed by atoms with van der Waals surface area (Å²) < 4.78 is 1.54. The van der Waals surface area contributed by atoms with Crippen LogP contribution in [0.2, 0.25) is 0 Å². The Hall–Kier alpha value is -3.22. The Morgan fingerprint density at radius 1 is 1.13 bits per heavy atom. The highest BCUT2D eigenvalue weighted by Gasteiger charge is 2.45. The van der Waals surface area contributed by atoms with Crippen LogP contribution >= 0.6 is 0 Å². The number of hydrogen-bond donors (Lipinski definition) is 1. The van der Waals surface area contributed by atoms with Crippen molar-refractivity contribution < 1.29 is 9.59 Å². The van der Waals surface area contributed by atoms with Gasteiger partial charge in [-0.15, -0.1) is 0 Å². The van der Waals surface area contributed by atoms with E-state index in [1.54, 1.807) is 31.0 Å². The Bertz CT molecular complexity index is 1140. The fraction of sp³-hybridized carbons (Fsp3) is 0.417. The van der Waals surface area contributed by atoms with Gasteiger partial charge in [-0.25, -0.2) is 0 Å². The lowest BCUT2D eigenvalue weighted by Crippen LogP contribution is -2.51. The number of nitrogens with one attached hydrogen (secondary N) is 1. The molecule has 1 spiro atoms. The second kappa shape index (κ2) is 7.80. The molecular weight excluding hydrogens is 392 g/mol. The summed E-state index contributed by atoms with van der Waals surface area (Å²) >= 11 is 0. The van der Waals surface area contributed by atoms with Crippen molar-refractivity contribution in [3.8, 4) is 5.69 Å². The normalized spacial score (nSPS) is 17.8. The van der Waals surface area contributed by atoms with Gasteiger partial charge in [0.2, 0.25) is 0 Å². The third kappa shape index (κ3) is 3.69. The largest absolute Gasteiger partial charge is 0.338 e. The van der Waals surface area contributed by atoms with Crippen LogP contribution < -0.4 is 10.9 Å². The van der Waals surface area contributed by atoms with E-state index in [9.17, 15) is 14.4 Å². The standard InChI is InChI=1S/C24H28N4O3/c1-15(2)18-6-5-7-19(14-18)28-11-8-16(3)20(22(28)30)21(29)27-12-9-24(10-13-27)23(31)25-17(4)26-24/h5-8,11,14-15H,9-10,12-13H2,1-4H3,(H,25,26,31). The molecule has 2 aliphatic rings. The van der Waals surface area contributed by atoms with Crippen molar-refractivity contribution in [2.75, 3.05) is 13.1 Å². The molecule has 31 heavy (non-hydrogen) atoms. The molecule has 0 bridgehead atoms. The van der Waals surface area contributed by atoms with Crippen molar-refractivity contribution in [3.05, 3.63) is 63.6 Å². The van der Waals surface area contributed by atoms with Crippen molar-refractivity contribution in [2.45, 2.75) is 52.0 Å². The summed E-state index contributed by atoms with van der Waals surface area (Å²) in [5.41, 5.74) is 1.62. The molecule has 2 aliphatic heterocycles. The molecule has 3 heterocycles. The molecule has 7 nitrogen and oxygen atoms in total. The first-order valence-corrected chi connectivity index (χ1v) is 10.7. The number of benzene rings is 1. The zero-order valence-electron chi connectivity index (χ0n) is 18.4. The maximum Gasteiger partial charge on any atom is 0.268 e. The van der Waals surface area contributed by atoms with Gasteiger partial charge in [0.05, 0.1) is 0 Å². The van der Waals surface area contributed by atoms with Crippen LogP contribution in [-0.2, 0) is 4.79 Å². The number of aryl methyl sites for hydroxylation is 1. The van der Waals surface area contributed by atoms with E-state index in [0.29, 0.717) is 43.2 Å². The SMILES string of the molecule is CC1=NC2(CCN(C(=O)c3c(C)ccn(-c4cccc(C(C)C)c4)c3=O)CC2)C(=O)N1. The summed E-state index contributed by atoms with van der Waals surface area (Å²) in [5, 5.41) is 2.76. The van der Waals surface area contributed by atoms with Gasteiger partial charge in [0, 0.05) is 25.0 Å². The lowest BCUT2D eigenvalue weighted by Gasteiger charge is -2.35. The van der Waals surface area contributed by atoms with Crippen LogP contribution in [0.1, 0.15) is 61.0 Å². The van der Waals surface area contributed by atoms with E-state index in [1.165, 1.54) is 4.57 Å². The highest BCUT2D eigenvalue weighted by Crippen LogP contribution is 2.30. The molecule has 0 saturated carbocycles.